The molecule has 1 heterocycles. The van der Waals surface area contributed by atoms with Crippen molar-refractivity contribution in [1.29, 1.82) is 0 Å². The number of carbonyl (C=O) groups excluding carboxylic acids is 4. The van der Waals surface area contributed by atoms with Crippen molar-refractivity contribution in [3.05, 3.63) is 46.5 Å². The van der Waals surface area contributed by atoms with Crippen LogP contribution in [0.4, 0.5) is 0 Å². The molecular formula is C27H28O7. The number of hydrogen-bond acceptors (Lipinski definition) is 7. The predicted octanol–water partition coefficient (Wildman–Crippen LogP) is 3.31. The molecule has 3 aliphatic carbocycles. The van der Waals surface area contributed by atoms with Crippen LogP contribution in [0.1, 0.15) is 50.7 Å². The van der Waals surface area contributed by atoms with Gasteiger partial charge in [0.15, 0.2) is 17.0 Å². The summed E-state index contributed by atoms with van der Waals surface area (Å²) >= 11 is 0. The van der Waals surface area contributed by atoms with Gasteiger partial charge in [0.25, 0.3) is 0 Å². The van der Waals surface area contributed by atoms with E-state index in [0.717, 1.165) is 27.8 Å². The molecule has 0 spiro atoms. The first-order chi connectivity index (χ1) is 16.4. The van der Waals surface area contributed by atoms with Crippen LogP contribution in [-0.2, 0) is 33.4 Å². The van der Waals surface area contributed by atoms with Crippen molar-refractivity contribution < 1.29 is 33.4 Å². The molecule has 0 unspecified atom stereocenters. The van der Waals surface area contributed by atoms with Gasteiger partial charge in [-0.15, -0.1) is 0 Å². The van der Waals surface area contributed by atoms with Crippen LogP contribution in [0.5, 0.6) is 0 Å². The SMILES string of the molecule is CCOC(=O)C1(C(=O)OCC)CC2=C(c3ccc(C4=C5COC[C@@H]5CC4=O)cc3)C(=O)C[C@H]2C1. The molecule has 7 nitrogen and oxygen atoms in total. The topological polar surface area (TPSA) is 96.0 Å². The highest BCUT2D eigenvalue weighted by atomic mass is 16.6. The summed E-state index contributed by atoms with van der Waals surface area (Å²) < 4.78 is 16.0. The number of allylic oxidation sites excluding steroid dienone is 3. The average molecular weight is 465 g/mol. The van der Waals surface area contributed by atoms with Crippen molar-refractivity contribution in [2.45, 2.75) is 39.5 Å². The number of ether oxygens (including phenoxy) is 3. The highest BCUT2D eigenvalue weighted by Crippen LogP contribution is 2.54. The molecule has 7 heteroatoms. The van der Waals surface area contributed by atoms with Crippen molar-refractivity contribution >= 4 is 34.7 Å². The minimum absolute atomic E-state index is 0.0114. The first kappa shape index (κ1) is 22.7. The monoisotopic (exact) mass is 464 g/mol. The van der Waals surface area contributed by atoms with E-state index >= 15 is 0 Å². The largest absolute Gasteiger partial charge is 0.465 e. The number of esters is 2. The van der Waals surface area contributed by atoms with Gasteiger partial charge in [-0.05, 0) is 49.3 Å². The van der Waals surface area contributed by atoms with E-state index in [0.29, 0.717) is 25.2 Å². The van der Waals surface area contributed by atoms with Crippen molar-refractivity contribution in [2.24, 2.45) is 17.3 Å². The van der Waals surface area contributed by atoms with Crippen LogP contribution in [0.3, 0.4) is 0 Å². The van der Waals surface area contributed by atoms with E-state index in [-0.39, 0.29) is 55.9 Å². The molecular weight excluding hydrogens is 436 g/mol. The Kier molecular flexibility index (Phi) is 5.76. The minimum atomic E-state index is -1.40. The fraction of sp³-hybridized carbons (Fsp3) is 0.481. The van der Waals surface area contributed by atoms with Crippen LogP contribution >= 0.6 is 0 Å². The van der Waals surface area contributed by atoms with Gasteiger partial charge in [0.2, 0.25) is 0 Å². The first-order valence-corrected chi connectivity index (χ1v) is 11.9. The van der Waals surface area contributed by atoms with Crippen LogP contribution in [-0.4, -0.2) is 49.9 Å². The van der Waals surface area contributed by atoms with E-state index in [9.17, 15) is 19.2 Å². The molecule has 34 heavy (non-hydrogen) atoms. The summed E-state index contributed by atoms with van der Waals surface area (Å²) in [4.78, 5) is 51.3. The van der Waals surface area contributed by atoms with Crippen molar-refractivity contribution in [2.75, 3.05) is 26.4 Å². The molecule has 1 aliphatic heterocycles. The number of fused-ring (bicyclic) bond motifs is 2. The lowest BCUT2D eigenvalue weighted by atomic mass is 9.83. The van der Waals surface area contributed by atoms with Gasteiger partial charge in [0, 0.05) is 29.9 Å². The van der Waals surface area contributed by atoms with Gasteiger partial charge in [0.05, 0.1) is 26.4 Å². The molecule has 178 valence electrons. The Balaban J connectivity index is 1.49. The third kappa shape index (κ3) is 3.45. The van der Waals surface area contributed by atoms with E-state index in [1.165, 1.54) is 0 Å². The quantitative estimate of drug-likeness (QED) is 0.471. The molecule has 1 aromatic rings. The third-order valence-electron chi connectivity index (χ3n) is 7.51. The molecule has 1 saturated carbocycles. The summed E-state index contributed by atoms with van der Waals surface area (Å²) in [7, 11) is 0. The Bertz CT molecular complexity index is 1120. The number of benzene rings is 1. The summed E-state index contributed by atoms with van der Waals surface area (Å²) in [5, 5.41) is 0. The van der Waals surface area contributed by atoms with E-state index < -0.39 is 17.4 Å². The van der Waals surface area contributed by atoms with Gasteiger partial charge >= 0.3 is 11.9 Å². The van der Waals surface area contributed by atoms with Gasteiger partial charge in [-0.25, -0.2) is 0 Å². The Morgan fingerprint density at radius 1 is 0.882 bits per heavy atom. The van der Waals surface area contributed by atoms with Crippen LogP contribution in [0.25, 0.3) is 11.1 Å². The Labute approximate surface area is 198 Å². The molecule has 1 saturated heterocycles. The highest BCUT2D eigenvalue weighted by molar-refractivity contribution is 6.26. The molecule has 0 bridgehead atoms. The number of carbonyl (C=O) groups is 4. The summed E-state index contributed by atoms with van der Waals surface area (Å²) in [6, 6.07) is 7.47. The normalized spacial score (nSPS) is 25.1. The van der Waals surface area contributed by atoms with Crippen LogP contribution < -0.4 is 0 Å². The molecule has 1 aromatic carbocycles. The van der Waals surface area contributed by atoms with Crippen LogP contribution in [0.15, 0.2) is 35.4 Å². The second-order valence-corrected chi connectivity index (χ2v) is 9.45. The summed E-state index contributed by atoms with van der Waals surface area (Å²) in [5.74, 6) is -1.02. The maximum Gasteiger partial charge on any atom is 0.323 e. The van der Waals surface area contributed by atoms with E-state index in [1.807, 2.05) is 24.3 Å². The average Bonchev–Trinajstić information content (AvgIpc) is 3.54. The zero-order valence-corrected chi connectivity index (χ0v) is 19.5. The molecule has 0 N–H and O–H groups in total. The lowest BCUT2D eigenvalue weighted by molar-refractivity contribution is -0.171. The molecule has 0 radical (unpaired) electrons. The maximum atomic E-state index is 13.0. The van der Waals surface area contributed by atoms with E-state index in [4.69, 9.17) is 14.2 Å². The lowest BCUT2D eigenvalue weighted by Crippen LogP contribution is -2.40. The Morgan fingerprint density at radius 3 is 1.97 bits per heavy atom. The predicted molar refractivity (Wildman–Crippen MR) is 122 cm³/mol. The molecule has 0 aromatic heterocycles. The molecule has 2 fully saturated rings. The van der Waals surface area contributed by atoms with Gasteiger partial charge in [-0.1, -0.05) is 29.8 Å². The summed E-state index contributed by atoms with van der Waals surface area (Å²) in [5.41, 5.74) is 3.38. The van der Waals surface area contributed by atoms with Crippen molar-refractivity contribution in [3.63, 3.8) is 0 Å². The molecule has 0 amide bonds. The summed E-state index contributed by atoms with van der Waals surface area (Å²) in [6.45, 7) is 4.82. The number of rotatable bonds is 6. The number of ketones is 2. The molecule has 5 rings (SSSR count). The fourth-order valence-corrected chi connectivity index (χ4v) is 6.00. The van der Waals surface area contributed by atoms with Gasteiger partial charge in [-0.2, -0.15) is 0 Å². The van der Waals surface area contributed by atoms with Gasteiger partial charge < -0.3 is 14.2 Å². The van der Waals surface area contributed by atoms with Crippen LogP contribution in [0, 0.1) is 17.3 Å². The first-order valence-electron chi connectivity index (χ1n) is 11.9. The Morgan fingerprint density at radius 2 is 1.41 bits per heavy atom. The third-order valence-corrected chi connectivity index (χ3v) is 7.51. The lowest BCUT2D eigenvalue weighted by Gasteiger charge is -2.24. The number of Topliss-reactive ketones (excluding diaryl/α,β-unsaturated/α-hetero) is 2. The van der Waals surface area contributed by atoms with Gasteiger partial charge in [-0.3, -0.25) is 19.2 Å². The molecule has 4 aliphatic rings. The molecule has 2 atom stereocenters. The standard InChI is InChI=1S/C27H28O7/c1-3-33-25(30)27(26(31)34-4-2)11-17-9-21(28)23(19(17)12-27)15-5-7-16(8-6-15)24-20-14-32-13-18(20)10-22(24)29/h5-8,17-18H,3-4,9-14H2,1-2H3/t17-,18-/m0/s1. The maximum absolute atomic E-state index is 13.0. The highest BCUT2D eigenvalue weighted by Gasteiger charge is 2.58. The van der Waals surface area contributed by atoms with E-state index in [2.05, 4.69) is 0 Å². The zero-order valence-electron chi connectivity index (χ0n) is 19.5. The summed E-state index contributed by atoms with van der Waals surface area (Å²) in [6.07, 6.45) is 1.11. The van der Waals surface area contributed by atoms with Crippen LogP contribution in [0.2, 0.25) is 0 Å². The zero-order chi connectivity index (χ0) is 24.0. The smallest absolute Gasteiger partial charge is 0.323 e. The number of hydrogen-bond donors (Lipinski definition) is 0. The second kappa shape index (κ2) is 8.62. The van der Waals surface area contributed by atoms with Crippen molar-refractivity contribution in [3.8, 4) is 0 Å². The van der Waals surface area contributed by atoms with Gasteiger partial charge in [0.1, 0.15) is 0 Å². The van der Waals surface area contributed by atoms with E-state index in [1.54, 1.807) is 13.8 Å². The second-order valence-electron chi connectivity index (χ2n) is 9.45. The fourth-order valence-electron chi connectivity index (χ4n) is 6.00. The van der Waals surface area contributed by atoms with Crippen molar-refractivity contribution in [1.82, 2.24) is 0 Å². The minimum Gasteiger partial charge on any atom is -0.465 e. The Hall–Kier alpha value is -3.06.